The highest BCUT2D eigenvalue weighted by Gasteiger charge is 2.51. The minimum atomic E-state index is -0.402. The Bertz CT molecular complexity index is 3060. The van der Waals surface area contributed by atoms with Crippen molar-refractivity contribution in [2.75, 3.05) is 0 Å². The summed E-state index contributed by atoms with van der Waals surface area (Å²) in [5.74, 6) is 0.908. The van der Waals surface area contributed by atoms with E-state index in [1.165, 1.54) is 44.5 Å². The van der Waals surface area contributed by atoms with Crippen LogP contribution < -0.4 is 0 Å². The number of para-hydroxylation sites is 3. The van der Waals surface area contributed by atoms with Crippen LogP contribution in [-0.2, 0) is 5.41 Å². The maximum atomic E-state index is 6.91. The molecule has 0 fully saturated rings. The fourth-order valence-corrected chi connectivity index (χ4v) is 9.56. The van der Waals surface area contributed by atoms with E-state index in [2.05, 4.69) is 180 Å². The predicted molar refractivity (Wildman–Crippen MR) is 216 cm³/mol. The SMILES string of the molecule is c1ccc(-c2nc3ccccc3n2-c2cccc3oc4c(-c5ccc6c(c5)C5(c7ccccc7-c7ccccc75)c5ccccc5-6)cccc4c23)cc1. The maximum Gasteiger partial charge on any atom is 0.145 e. The van der Waals surface area contributed by atoms with E-state index in [0.29, 0.717) is 0 Å². The summed E-state index contributed by atoms with van der Waals surface area (Å²) in [7, 11) is 0. The molecule has 0 saturated carbocycles. The Morgan fingerprint density at radius 3 is 1.79 bits per heavy atom. The van der Waals surface area contributed by atoms with E-state index >= 15 is 0 Å². The summed E-state index contributed by atoms with van der Waals surface area (Å²) in [5, 5.41) is 2.16. The summed E-state index contributed by atoms with van der Waals surface area (Å²) in [6.45, 7) is 0. The third-order valence-corrected chi connectivity index (χ3v) is 11.6. The molecule has 0 atom stereocenters. The first-order valence-electron chi connectivity index (χ1n) is 18.2. The summed E-state index contributed by atoms with van der Waals surface area (Å²) in [5.41, 5.74) is 18.3. The number of fused-ring (bicyclic) bond motifs is 14. The van der Waals surface area contributed by atoms with Crippen molar-refractivity contribution in [3.63, 3.8) is 0 Å². The number of imidazole rings is 1. The van der Waals surface area contributed by atoms with Gasteiger partial charge in [0.2, 0.25) is 0 Å². The molecule has 2 aliphatic rings. The number of aromatic nitrogens is 2. The minimum Gasteiger partial charge on any atom is -0.455 e. The molecule has 0 unspecified atom stereocenters. The molecule has 53 heavy (non-hydrogen) atoms. The van der Waals surface area contributed by atoms with Gasteiger partial charge in [0, 0.05) is 16.5 Å². The van der Waals surface area contributed by atoms with E-state index in [1.54, 1.807) is 0 Å². The highest BCUT2D eigenvalue weighted by atomic mass is 16.3. The standard InChI is InChI=1S/C50H30N2O/c1-2-14-31(15-3-1)49-51-43-24-10-11-25-44(43)52(49)45-26-13-27-46-47(45)38-20-12-19-33(48(38)53-46)32-28-29-37-36-18-6-9-23-41(36)50(42(37)30-32)39-21-7-4-16-34(39)35-17-5-8-22-40(35)50/h1-30H. The first-order chi connectivity index (χ1) is 26.3. The van der Waals surface area contributed by atoms with Crippen molar-refractivity contribution >= 4 is 33.0 Å². The van der Waals surface area contributed by atoms with E-state index in [0.717, 1.165) is 61.2 Å². The van der Waals surface area contributed by atoms with Gasteiger partial charge in [0.05, 0.1) is 27.5 Å². The number of hydrogen-bond acceptors (Lipinski definition) is 2. The Kier molecular flexibility index (Phi) is 5.70. The van der Waals surface area contributed by atoms with E-state index < -0.39 is 5.41 Å². The molecule has 1 spiro atoms. The monoisotopic (exact) mass is 674 g/mol. The first kappa shape index (κ1) is 28.7. The van der Waals surface area contributed by atoms with Gasteiger partial charge in [0.15, 0.2) is 0 Å². The Morgan fingerprint density at radius 2 is 1.06 bits per heavy atom. The largest absolute Gasteiger partial charge is 0.455 e. The zero-order chi connectivity index (χ0) is 34.7. The molecule has 2 heterocycles. The summed E-state index contributed by atoms with van der Waals surface area (Å²) in [6, 6.07) is 65.7. The molecule has 8 aromatic carbocycles. The normalized spacial score (nSPS) is 13.4. The van der Waals surface area contributed by atoms with Crippen LogP contribution in [0.25, 0.3) is 83.4 Å². The van der Waals surface area contributed by atoms with E-state index in [-0.39, 0.29) is 0 Å². The zero-order valence-electron chi connectivity index (χ0n) is 28.6. The van der Waals surface area contributed by atoms with Gasteiger partial charge in [-0.05, 0) is 80.4 Å². The van der Waals surface area contributed by atoms with Gasteiger partial charge in [-0.3, -0.25) is 4.57 Å². The quantitative estimate of drug-likeness (QED) is 0.187. The summed E-state index contributed by atoms with van der Waals surface area (Å²) in [6.07, 6.45) is 0. The summed E-state index contributed by atoms with van der Waals surface area (Å²) < 4.78 is 9.20. The average Bonchev–Trinajstić information content (AvgIpc) is 3.96. The van der Waals surface area contributed by atoms with Crippen LogP contribution >= 0.6 is 0 Å². The number of hydrogen-bond donors (Lipinski definition) is 0. The van der Waals surface area contributed by atoms with Gasteiger partial charge in [-0.2, -0.15) is 0 Å². The topological polar surface area (TPSA) is 31.0 Å². The van der Waals surface area contributed by atoms with Crippen molar-refractivity contribution in [3.05, 3.63) is 204 Å². The number of benzene rings is 8. The van der Waals surface area contributed by atoms with E-state index in [1.807, 2.05) is 6.07 Å². The van der Waals surface area contributed by atoms with Crippen LogP contribution in [0.4, 0.5) is 0 Å². The Balaban J connectivity index is 1.11. The van der Waals surface area contributed by atoms with Gasteiger partial charge in [-0.1, -0.05) is 152 Å². The molecule has 246 valence electrons. The molecular weight excluding hydrogens is 645 g/mol. The van der Waals surface area contributed by atoms with Crippen LogP contribution in [0.5, 0.6) is 0 Å². The van der Waals surface area contributed by atoms with Crippen LogP contribution in [0.2, 0.25) is 0 Å². The number of nitrogens with zero attached hydrogens (tertiary/aromatic N) is 2. The molecule has 3 heteroatoms. The van der Waals surface area contributed by atoms with Crippen molar-refractivity contribution < 1.29 is 4.42 Å². The lowest BCUT2D eigenvalue weighted by molar-refractivity contribution is 0.670. The van der Waals surface area contributed by atoms with Crippen LogP contribution in [0.1, 0.15) is 22.3 Å². The molecule has 0 N–H and O–H groups in total. The van der Waals surface area contributed by atoms with Gasteiger partial charge < -0.3 is 4.42 Å². The maximum absolute atomic E-state index is 6.91. The third kappa shape index (κ3) is 3.70. The molecule has 0 radical (unpaired) electrons. The van der Waals surface area contributed by atoms with Gasteiger partial charge in [-0.25, -0.2) is 4.98 Å². The van der Waals surface area contributed by atoms with Crippen molar-refractivity contribution in [3.8, 4) is 50.5 Å². The Hall–Kier alpha value is -6.97. The molecule has 0 bridgehead atoms. The van der Waals surface area contributed by atoms with Crippen molar-refractivity contribution in [2.24, 2.45) is 0 Å². The molecule has 2 aromatic heterocycles. The second-order valence-corrected chi connectivity index (χ2v) is 14.2. The lowest BCUT2D eigenvalue weighted by Gasteiger charge is -2.30. The highest BCUT2D eigenvalue weighted by Crippen LogP contribution is 2.63. The average molecular weight is 675 g/mol. The van der Waals surface area contributed by atoms with Crippen molar-refractivity contribution in [2.45, 2.75) is 5.41 Å². The molecule has 0 saturated heterocycles. The lowest BCUT2D eigenvalue weighted by atomic mass is 9.70. The molecule has 0 amide bonds. The molecule has 3 nitrogen and oxygen atoms in total. The highest BCUT2D eigenvalue weighted by molar-refractivity contribution is 6.14. The minimum absolute atomic E-state index is 0.402. The van der Waals surface area contributed by atoms with Crippen LogP contribution in [-0.4, -0.2) is 9.55 Å². The van der Waals surface area contributed by atoms with E-state index in [9.17, 15) is 0 Å². The van der Waals surface area contributed by atoms with Crippen LogP contribution in [0.15, 0.2) is 186 Å². The number of rotatable bonds is 3. The van der Waals surface area contributed by atoms with Gasteiger partial charge in [-0.15, -0.1) is 0 Å². The Labute approximate surface area is 306 Å². The van der Waals surface area contributed by atoms with Gasteiger partial charge in [0.1, 0.15) is 17.0 Å². The van der Waals surface area contributed by atoms with Gasteiger partial charge >= 0.3 is 0 Å². The summed E-state index contributed by atoms with van der Waals surface area (Å²) >= 11 is 0. The fraction of sp³-hybridized carbons (Fsp3) is 0.0200. The Morgan fingerprint density at radius 1 is 0.453 bits per heavy atom. The number of furan rings is 1. The van der Waals surface area contributed by atoms with Crippen LogP contribution in [0, 0.1) is 0 Å². The smallest absolute Gasteiger partial charge is 0.145 e. The molecule has 0 aliphatic heterocycles. The second-order valence-electron chi connectivity index (χ2n) is 14.2. The van der Waals surface area contributed by atoms with Crippen molar-refractivity contribution in [1.82, 2.24) is 9.55 Å². The fourth-order valence-electron chi connectivity index (χ4n) is 9.56. The third-order valence-electron chi connectivity index (χ3n) is 11.6. The first-order valence-corrected chi connectivity index (χ1v) is 18.2. The second kappa shape index (κ2) is 10.5. The molecule has 12 rings (SSSR count). The predicted octanol–water partition coefficient (Wildman–Crippen LogP) is 12.6. The molecule has 2 aliphatic carbocycles. The molecule has 10 aromatic rings. The summed E-state index contributed by atoms with van der Waals surface area (Å²) in [4.78, 5) is 5.15. The zero-order valence-corrected chi connectivity index (χ0v) is 28.6. The van der Waals surface area contributed by atoms with Gasteiger partial charge in [0.25, 0.3) is 0 Å². The van der Waals surface area contributed by atoms with Crippen molar-refractivity contribution in [1.29, 1.82) is 0 Å². The van der Waals surface area contributed by atoms with E-state index in [4.69, 9.17) is 9.40 Å². The lowest BCUT2D eigenvalue weighted by Crippen LogP contribution is -2.25. The molecular formula is C50H30N2O. The van der Waals surface area contributed by atoms with Crippen LogP contribution in [0.3, 0.4) is 0 Å².